The molecule has 3 aromatic rings. The molecule has 148 valence electrons. The SMILES string of the molecule is COc1ccc(C2(C#N)CCOCC2)cc1Sc1ccc(-c2ccnn2C)cc1. The Bertz CT molecular complexity index is 1030. The van der Waals surface area contributed by atoms with Crippen molar-refractivity contribution in [3.8, 4) is 23.1 Å². The van der Waals surface area contributed by atoms with E-state index in [2.05, 4.69) is 41.5 Å². The molecule has 0 aliphatic carbocycles. The Balaban J connectivity index is 1.62. The first-order valence-electron chi connectivity index (χ1n) is 9.59. The monoisotopic (exact) mass is 405 g/mol. The first kappa shape index (κ1) is 19.6. The van der Waals surface area contributed by atoms with Crippen LogP contribution in [0.3, 0.4) is 0 Å². The van der Waals surface area contributed by atoms with Crippen LogP contribution in [0.4, 0.5) is 0 Å². The molecule has 0 N–H and O–H groups in total. The van der Waals surface area contributed by atoms with Crippen molar-refractivity contribution in [2.75, 3.05) is 20.3 Å². The Hall–Kier alpha value is -2.75. The van der Waals surface area contributed by atoms with Crippen molar-refractivity contribution in [1.29, 1.82) is 5.26 Å². The molecule has 1 aromatic heterocycles. The molecule has 0 amide bonds. The lowest BCUT2D eigenvalue weighted by molar-refractivity contribution is 0.0674. The zero-order valence-corrected chi connectivity index (χ0v) is 17.4. The van der Waals surface area contributed by atoms with Gasteiger partial charge in [0, 0.05) is 31.4 Å². The quantitative estimate of drug-likeness (QED) is 0.609. The van der Waals surface area contributed by atoms with E-state index in [1.807, 2.05) is 29.9 Å². The molecule has 1 aliphatic heterocycles. The third-order valence-electron chi connectivity index (χ3n) is 5.48. The van der Waals surface area contributed by atoms with Crippen LogP contribution in [0.25, 0.3) is 11.3 Å². The lowest BCUT2D eigenvalue weighted by Gasteiger charge is -2.31. The summed E-state index contributed by atoms with van der Waals surface area (Å²) in [4.78, 5) is 2.13. The van der Waals surface area contributed by atoms with E-state index < -0.39 is 5.41 Å². The van der Waals surface area contributed by atoms with E-state index in [-0.39, 0.29) is 0 Å². The number of aromatic nitrogens is 2. The highest BCUT2D eigenvalue weighted by atomic mass is 32.2. The Morgan fingerprint density at radius 2 is 1.90 bits per heavy atom. The Morgan fingerprint density at radius 1 is 1.14 bits per heavy atom. The van der Waals surface area contributed by atoms with Crippen molar-refractivity contribution in [2.45, 2.75) is 28.0 Å². The van der Waals surface area contributed by atoms with Crippen molar-refractivity contribution < 1.29 is 9.47 Å². The van der Waals surface area contributed by atoms with Gasteiger partial charge in [0.2, 0.25) is 0 Å². The first-order valence-corrected chi connectivity index (χ1v) is 10.4. The van der Waals surface area contributed by atoms with Gasteiger partial charge in [-0.25, -0.2) is 0 Å². The fourth-order valence-corrected chi connectivity index (χ4v) is 4.68. The summed E-state index contributed by atoms with van der Waals surface area (Å²) in [6, 6.07) is 19.1. The molecule has 0 radical (unpaired) electrons. The van der Waals surface area contributed by atoms with Gasteiger partial charge in [-0.1, -0.05) is 30.0 Å². The molecule has 0 saturated carbocycles. The summed E-state index contributed by atoms with van der Waals surface area (Å²) in [5.74, 6) is 0.814. The molecular formula is C23H23N3O2S. The van der Waals surface area contributed by atoms with Crippen molar-refractivity contribution in [2.24, 2.45) is 7.05 Å². The number of rotatable bonds is 5. The number of aryl methyl sites for hydroxylation is 1. The van der Waals surface area contributed by atoms with E-state index in [1.54, 1.807) is 25.1 Å². The molecule has 0 spiro atoms. The van der Waals surface area contributed by atoms with Gasteiger partial charge in [-0.2, -0.15) is 10.4 Å². The minimum absolute atomic E-state index is 0.483. The van der Waals surface area contributed by atoms with Gasteiger partial charge in [0.1, 0.15) is 5.75 Å². The minimum Gasteiger partial charge on any atom is -0.496 e. The molecule has 0 bridgehead atoms. The third-order valence-corrected chi connectivity index (χ3v) is 6.52. The normalized spacial score (nSPS) is 15.6. The van der Waals surface area contributed by atoms with Crippen LogP contribution in [0.15, 0.2) is 64.5 Å². The van der Waals surface area contributed by atoms with Crippen LogP contribution in [-0.2, 0) is 17.2 Å². The van der Waals surface area contributed by atoms with Gasteiger partial charge < -0.3 is 9.47 Å². The van der Waals surface area contributed by atoms with Gasteiger partial charge in [0.05, 0.1) is 29.2 Å². The zero-order valence-electron chi connectivity index (χ0n) is 16.6. The molecule has 1 fully saturated rings. The van der Waals surface area contributed by atoms with Gasteiger partial charge in [0.25, 0.3) is 0 Å². The van der Waals surface area contributed by atoms with Gasteiger partial charge in [-0.3, -0.25) is 4.68 Å². The Labute approximate surface area is 175 Å². The summed E-state index contributed by atoms with van der Waals surface area (Å²) in [5, 5.41) is 14.1. The van der Waals surface area contributed by atoms with E-state index in [9.17, 15) is 5.26 Å². The first-order chi connectivity index (χ1) is 14.1. The van der Waals surface area contributed by atoms with E-state index in [0.29, 0.717) is 13.2 Å². The highest BCUT2D eigenvalue weighted by Crippen LogP contribution is 2.41. The van der Waals surface area contributed by atoms with Crippen LogP contribution in [0, 0.1) is 11.3 Å². The molecule has 4 rings (SSSR count). The molecule has 2 heterocycles. The van der Waals surface area contributed by atoms with E-state index in [0.717, 1.165) is 45.2 Å². The molecule has 0 unspecified atom stereocenters. The number of methoxy groups -OCH3 is 1. The van der Waals surface area contributed by atoms with Crippen molar-refractivity contribution in [1.82, 2.24) is 9.78 Å². The summed E-state index contributed by atoms with van der Waals surface area (Å²) >= 11 is 1.65. The van der Waals surface area contributed by atoms with Crippen LogP contribution in [-0.4, -0.2) is 30.1 Å². The highest BCUT2D eigenvalue weighted by molar-refractivity contribution is 7.99. The van der Waals surface area contributed by atoms with E-state index >= 15 is 0 Å². The van der Waals surface area contributed by atoms with Crippen LogP contribution >= 0.6 is 11.8 Å². The minimum atomic E-state index is -0.483. The summed E-state index contributed by atoms with van der Waals surface area (Å²) in [7, 11) is 3.62. The van der Waals surface area contributed by atoms with Gasteiger partial charge in [-0.05, 0) is 54.3 Å². The lowest BCUT2D eigenvalue weighted by Crippen LogP contribution is -2.32. The van der Waals surface area contributed by atoms with Crippen molar-refractivity contribution in [3.05, 3.63) is 60.3 Å². The second-order valence-corrected chi connectivity index (χ2v) is 8.25. The molecule has 1 saturated heterocycles. The molecule has 2 aromatic carbocycles. The summed E-state index contributed by atoms with van der Waals surface area (Å²) in [6.45, 7) is 1.25. The Kier molecular flexibility index (Phi) is 5.61. The predicted molar refractivity (Wildman–Crippen MR) is 113 cm³/mol. The fraction of sp³-hybridized carbons (Fsp3) is 0.304. The summed E-state index contributed by atoms with van der Waals surface area (Å²) in [6.07, 6.45) is 3.24. The average molecular weight is 406 g/mol. The topological polar surface area (TPSA) is 60.1 Å². The average Bonchev–Trinajstić information content (AvgIpc) is 3.20. The standard InChI is InChI=1S/C23H23N3O2S/c1-26-20(9-12-25-26)17-3-6-19(7-4-17)29-22-15-18(5-8-21(22)27-2)23(16-24)10-13-28-14-11-23/h3-9,12,15H,10-11,13-14H2,1-2H3. The second-order valence-electron chi connectivity index (χ2n) is 7.14. The predicted octanol–water partition coefficient (Wildman–Crippen LogP) is 4.82. The van der Waals surface area contributed by atoms with Gasteiger partial charge in [-0.15, -0.1) is 0 Å². The van der Waals surface area contributed by atoms with Gasteiger partial charge in [0.15, 0.2) is 0 Å². The van der Waals surface area contributed by atoms with E-state index in [1.165, 1.54) is 0 Å². The van der Waals surface area contributed by atoms with Crippen molar-refractivity contribution >= 4 is 11.8 Å². The highest BCUT2D eigenvalue weighted by Gasteiger charge is 2.35. The third kappa shape index (κ3) is 3.89. The lowest BCUT2D eigenvalue weighted by atomic mass is 9.75. The zero-order chi connectivity index (χ0) is 20.3. The number of ether oxygens (including phenoxy) is 2. The molecule has 5 nitrogen and oxygen atoms in total. The van der Waals surface area contributed by atoms with Crippen LogP contribution in [0.1, 0.15) is 18.4 Å². The Morgan fingerprint density at radius 3 is 2.52 bits per heavy atom. The summed E-state index contributed by atoms with van der Waals surface area (Å²) in [5.41, 5.74) is 2.76. The van der Waals surface area contributed by atoms with Crippen LogP contribution in [0.2, 0.25) is 0 Å². The van der Waals surface area contributed by atoms with Crippen molar-refractivity contribution in [3.63, 3.8) is 0 Å². The molecule has 6 heteroatoms. The molecular weight excluding hydrogens is 382 g/mol. The summed E-state index contributed by atoms with van der Waals surface area (Å²) < 4.78 is 12.9. The van der Waals surface area contributed by atoms with Gasteiger partial charge >= 0.3 is 0 Å². The number of nitrogens with zero attached hydrogens (tertiary/aromatic N) is 3. The maximum Gasteiger partial charge on any atom is 0.132 e. The smallest absolute Gasteiger partial charge is 0.132 e. The number of benzene rings is 2. The number of nitriles is 1. The second kappa shape index (κ2) is 8.32. The van der Waals surface area contributed by atoms with Crippen LogP contribution in [0.5, 0.6) is 5.75 Å². The maximum atomic E-state index is 9.89. The molecule has 29 heavy (non-hydrogen) atoms. The van der Waals surface area contributed by atoms with Crippen LogP contribution < -0.4 is 4.74 Å². The largest absolute Gasteiger partial charge is 0.496 e. The number of hydrogen-bond donors (Lipinski definition) is 0. The molecule has 1 aliphatic rings. The maximum absolute atomic E-state index is 9.89. The molecule has 0 atom stereocenters. The van der Waals surface area contributed by atoms with E-state index in [4.69, 9.17) is 9.47 Å². The number of hydrogen-bond acceptors (Lipinski definition) is 5. The fourth-order valence-electron chi connectivity index (χ4n) is 3.72.